The number of amides is 1. The van der Waals surface area contributed by atoms with Gasteiger partial charge in [-0.05, 0) is 30.2 Å². The van der Waals surface area contributed by atoms with Crippen molar-refractivity contribution in [3.63, 3.8) is 0 Å². The lowest BCUT2D eigenvalue weighted by Gasteiger charge is -2.04. The number of rotatable bonds is 4. The molecule has 1 amide bonds. The zero-order chi connectivity index (χ0) is 16.2. The Morgan fingerprint density at radius 2 is 1.96 bits per heavy atom. The first-order chi connectivity index (χ1) is 11.2. The van der Waals surface area contributed by atoms with E-state index in [-0.39, 0.29) is 5.91 Å². The Bertz CT molecular complexity index is 811. The second kappa shape index (κ2) is 6.62. The highest BCUT2D eigenvalue weighted by molar-refractivity contribution is 7.17. The number of nitrogens with one attached hydrogen (secondary N) is 1. The third kappa shape index (κ3) is 3.40. The number of benzene rings is 1. The zero-order valence-corrected chi connectivity index (χ0v) is 13.7. The van der Waals surface area contributed by atoms with E-state index < -0.39 is 0 Å². The maximum absolute atomic E-state index is 12.5. The minimum Gasteiger partial charge on any atom is -0.495 e. The Kier molecular flexibility index (Phi) is 4.39. The Morgan fingerprint density at radius 1 is 1.17 bits per heavy atom. The summed E-state index contributed by atoms with van der Waals surface area (Å²) in [6.07, 6.45) is 1.72. The number of hydrogen-bond acceptors (Lipinski definition) is 4. The lowest BCUT2D eigenvalue weighted by Crippen LogP contribution is -2.12. The van der Waals surface area contributed by atoms with Crippen LogP contribution in [0.15, 0.2) is 54.7 Å². The molecule has 3 aromatic rings. The van der Waals surface area contributed by atoms with Crippen LogP contribution in [0.4, 0.5) is 5.82 Å². The van der Waals surface area contributed by atoms with Crippen LogP contribution in [0.2, 0.25) is 0 Å². The molecule has 0 aliphatic carbocycles. The summed E-state index contributed by atoms with van der Waals surface area (Å²) in [7, 11) is 1.57. The van der Waals surface area contributed by atoms with Crippen LogP contribution in [0.3, 0.4) is 0 Å². The van der Waals surface area contributed by atoms with Crippen molar-refractivity contribution in [2.75, 3.05) is 12.4 Å². The van der Waals surface area contributed by atoms with Gasteiger partial charge in [0, 0.05) is 11.1 Å². The summed E-state index contributed by atoms with van der Waals surface area (Å²) in [4.78, 5) is 18.2. The van der Waals surface area contributed by atoms with Gasteiger partial charge in [0.15, 0.2) is 0 Å². The van der Waals surface area contributed by atoms with Gasteiger partial charge in [-0.2, -0.15) is 0 Å². The Balaban J connectivity index is 1.88. The number of nitrogens with zero attached hydrogens (tertiary/aromatic N) is 1. The normalized spacial score (nSPS) is 10.3. The molecule has 23 heavy (non-hydrogen) atoms. The van der Waals surface area contributed by atoms with E-state index in [2.05, 4.69) is 10.3 Å². The SMILES string of the molecule is COc1cc(-c2ccccc2)sc1C(=O)Nc1ccc(C)cn1. The molecule has 3 rings (SSSR count). The van der Waals surface area contributed by atoms with Gasteiger partial charge >= 0.3 is 0 Å². The summed E-state index contributed by atoms with van der Waals surface area (Å²) >= 11 is 1.40. The number of pyridine rings is 1. The molecule has 0 saturated carbocycles. The second-order valence-corrected chi connectivity index (χ2v) is 6.10. The van der Waals surface area contributed by atoms with E-state index in [1.807, 2.05) is 49.4 Å². The van der Waals surface area contributed by atoms with Crippen molar-refractivity contribution in [1.82, 2.24) is 4.98 Å². The number of aryl methyl sites for hydroxylation is 1. The van der Waals surface area contributed by atoms with Crippen LogP contribution in [-0.4, -0.2) is 18.0 Å². The van der Waals surface area contributed by atoms with Gasteiger partial charge < -0.3 is 10.1 Å². The molecule has 2 heterocycles. The summed E-state index contributed by atoms with van der Waals surface area (Å²) in [6.45, 7) is 1.95. The molecule has 0 aliphatic heterocycles. The molecule has 0 atom stereocenters. The first-order valence-corrected chi connectivity index (χ1v) is 7.96. The molecule has 0 aliphatic rings. The number of thiophene rings is 1. The van der Waals surface area contributed by atoms with Crippen LogP contribution < -0.4 is 10.1 Å². The van der Waals surface area contributed by atoms with Crippen molar-refractivity contribution >= 4 is 23.1 Å². The Hall–Kier alpha value is -2.66. The lowest BCUT2D eigenvalue weighted by atomic mass is 10.2. The predicted octanol–water partition coefficient (Wildman–Crippen LogP) is 4.38. The number of ether oxygens (including phenoxy) is 1. The minimum absolute atomic E-state index is 0.217. The molecule has 0 bridgehead atoms. The summed E-state index contributed by atoms with van der Waals surface area (Å²) < 4.78 is 5.35. The average molecular weight is 324 g/mol. The van der Waals surface area contributed by atoms with Crippen LogP contribution >= 0.6 is 11.3 Å². The maximum atomic E-state index is 12.5. The fraction of sp³-hybridized carbons (Fsp3) is 0.111. The van der Waals surface area contributed by atoms with Crippen molar-refractivity contribution in [2.45, 2.75) is 6.92 Å². The summed E-state index contributed by atoms with van der Waals surface area (Å²) in [5.74, 6) is 0.876. The van der Waals surface area contributed by atoms with Crippen molar-refractivity contribution in [3.8, 4) is 16.2 Å². The first kappa shape index (κ1) is 15.2. The van der Waals surface area contributed by atoms with Crippen molar-refractivity contribution in [3.05, 3.63) is 65.2 Å². The molecule has 0 spiro atoms. The molecular weight excluding hydrogens is 308 g/mol. The van der Waals surface area contributed by atoms with E-state index in [1.54, 1.807) is 19.4 Å². The molecule has 0 saturated heterocycles. The van der Waals surface area contributed by atoms with Crippen molar-refractivity contribution in [1.29, 1.82) is 0 Å². The summed E-state index contributed by atoms with van der Waals surface area (Å²) in [6, 6.07) is 15.5. The lowest BCUT2D eigenvalue weighted by molar-refractivity contribution is 0.102. The summed E-state index contributed by atoms with van der Waals surface area (Å²) in [5.41, 5.74) is 2.10. The predicted molar refractivity (Wildman–Crippen MR) is 93.2 cm³/mol. The van der Waals surface area contributed by atoms with E-state index in [1.165, 1.54) is 11.3 Å². The molecule has 2 aromatic heterocycles. The highest BCUT2D eigenvalue weighted by atomic mass is 32.1. The average Bonchev–Trinajstić information content (AvgIpc) is 3.02. The summed E-state index contributed by atoms with van der Waals surface area (Å²) in [5, 5.41) is 2.81. The molecule has 5 heteroatoms. The maximum Gasteiger partial charge on any atom is 0.270 e. The molecule has 0 fully saturated rings. The van der Waals surface area contributed by atoms with Crippen molar-refractivity contribution < 1.29 is 9.53 Å². The van der Waals surface area contributed by atoms with E-state index >= 15 is 0 Å². The van der Waals surface area contributed by atoms with Gasteiger partial charge in [0.25, 0.3) is 5.91 Å². The molecule has 0 radical (unpaired) electrons. The highest BCUT2D eigenvalue weighted by Crippen LogP contribution is 2.36. The number of aromatic nitrogens is 1. The van der Waals surface area contributed by atoms with Gasteiger partial charge in [0.1, 0.15) is 16.4 Å². The van der Waals surface area contributed by atoms with Gasteiger partial charge in [0.2, 0.25) is 0 Å². The molecule has 1 N–H and O–H groups in total. The third-order valence-electron chi connectivity index (χ3n) is 3.34. The van der Waals surface area contributed by atoms with Crippen LogP contribution in [0, 0.1) is 6.92 Å². The van der Waals surface area contributed by atoms with Gasteiger partial charge in [-0.25, -0.2) is 4.98 Å². The van der Waals surface area contributed by atoms with Gasteiger partial charge in [-0.1, -0.05) is 36.4 Å². The Morgan fingerprint density at radius 3 is 2.61 bits per heavy atom. The van der Waals surface area contributed by atoms with Crippen LogP contribution in [0.25, 0.3) is 10.4 Å². The highest BCUT2D eigenvalue weighted by Gasteiger charge is 2.18. The molecule has 116 valence electrons. The fourth-order valence-electron chi connectivity index (χ4n) is 2.14. The zero-order valence-electron chi connectivity index (χ0n) is 12.9. The van der Waals surface area contributed by atoms with E-state index in [0.29, 0.717) is 16.4 Å². The van der Waals surface area contributed by atoms with Crippen molar-refractivity contribution in [2.24, 2.45) is 0 Å². The number of carbonyl (C=O) groups excluding carboxylic acids is 1. The fourth-order valence-corrected chi connectivity index (χ4v) is 3.17. The monoisotopic (exact) mass is 324 g/mol. The van der Waals surface area contributed by atoms with Crippen LogP contribution in [0.1, 0.15) is 15.2 Å². The number of carbonyl (C=O) groups is 1. The van der Waals surface area contributed by atoms with Gasteiger partial charge in [-0.15, -0.1) is 11.3 Å². The van der Waals surface area contributed by atoms with Crippen LogP contribution in [-0.2, 0) is 0 Å². The van der Waals surface area contributed by atoms with E-state index in [9.17, 15) is 4.79 Å². The third-order valence-corrected chi connectivity index (χ3v) is 4.50. The second-order valence-electron chi connectivity index (χ2n) is 5.05. The van der Waals surface area contributed by atoms with E-state index in [4.69, 9.17) is 4.74 Å². The van der Waals surface area contributed by atoms with E-state index in [0.717, 1.165) is 16.0 Å². The van der Waals surface area contributed by atoms with Gasteiger partial charge in [-0.3, -0.25) is 4.79 Å². The molecule has 4 nitrogen and oxygen atoms in total. The Labute approximate surface area is 138 Å². The molecular formula is C18H16N2O2S. The van der Waals surface area contributed by atoms with Crippen LogP contribution in [0.5, 0.6) is 5.75 Å². The smallest absolute Gasteiger partial charge is 0.270 e. The number of methoxy groups -OCH3 is 1. The molecule has 1 aromatic carbocycles. The standard InChI is InChI=1S/C18H16N2O2S/c1-12-8-9-16(19-11-12)20-18(21)17-14(22-2)10-15(23-17)13-6-4-3-5-7-13/h3-11H,1-2H3,(H,19,20,21). The largest absolute Gasteiger partial charge is 0.495 e. The van der Waals surface area contributed by atoms with Gasteiger partial charge in [0.05, 0.1) is 7.11 Å². The first-order valence-electron chi connectivity index (χ1n) is 7.14. The number of anilines is 1. The number of hydrogen-bond donors (Lipinski definition) is 1. The quantitative estimate of drug-likeness (QED) is 0.775. The minimum atomic E-state index is -0.217. The topological polar surface area (TPSA) is 51.2 Å². The molecule has 0 unspecified atom stereocenters.